The number of rotatable bonds is 10. The standard InChI is InChI=1S/C14H22BrNO2/c1-2-17-11-6-5-9-16-10-12-18-14-8-4-3-7-13(14)15/h3-4,7-8,16H,2,5-6,9-12H2,1H3. The van der Waals surface area contributed by atoms with Crippen molar-refractivity contribution in [3.63, 3.8) is 0 Å². The number of hydrogen-bond donors (Lipinski definition) is 1. The summed E-state index contributed by atoms with van der Waals surface area (Å²) in [6.07, 6.45) is 2.26. The summed E-state index contributed by atoms with van der Waals surface area (Å²) >= 11 is 3.46. The first-order chi connectivity index (χ1) is 8.84. The number of ether oxygens (including phenoxy) is 2. The molecule has 0 spiro atoms. The van der Waals surface area contributed by atoms with Crippen LogP contribution in [0.2, 0.25) is 0 Å². The lowest BCUT2D eigenvalue weighted by Crippen LogP contribution is -2.22. The van der Waals surface area contributed by atoms with Gasteiger partial charge >= 0.3 is 0 Å². The summed E-state index contributed by atoms with van der Waals surface area (Å²) in [5.41, 5.74) is 0. The Bertz CT molecular complexity index is 320. The predicted octanol–water partition coefficient (Wildman–Crippen LogP) is 3.23. The minimum Gasteiger partial charge on any atom is -0.491 e. The third kappa shape index (κ3) is 6.99. The Balaban J connectivity index is 1.94. The average molecular weight is 316 g/mol. The van der Waals surface area contributed by atoms with Crippen molar-refractivity contribution in [1.82, 2.24) is 5.32 Å². The third-order valence-electron chi connectivity index (χ3n) is 2.47. The molecule has 0 aliphatic rings. The molecule has 1 N–H and O–H groups in total. The lowest BCUT2D eigenvalue weighted by molar-refractivity contribution is 0.143. The number of hydrogen-bond acceptors (Lipinski definition) is 3. The van der Waals surface area contributed by atoms with Gasteiger partial charge in [0.05, 0.1) is 4.47 Å². The largest absolute Gasteiger partial charge is 0.491 e. The van der Waals surface area contributed by atoms with Crippen LogP contribution in [0.25, 0.3) is 0 Å². The molecule has 0 fully saturated rings. The molecule has 4 heteroatoms. The van der Waals surface area contributed by atoms with Crippen LogP contribution in [-0.2, 0) is 4.74 Å². The molecule has 0 saturated heterocycles. The van der Waals surface area contributed by atoms with Crippen molar-refractivity contribution in [2.75, 3.05) is 32.9 Å². The molecule has 1 aromatic carbocycles. The molecule has 0 radical (unpaired) electrons. The summed E-state index contributed by atoms with van der Waals surface area (Å²) in [4.78, 5) is 0. The van der Waals surface area contributed by atoms with E-state index in [1.54, 1.807) is 0 Å². The first kappa shape index (κ1) is 15.5. The summed E-state index contributed by atoms with van der Waals surface area (Å²) in [6.45, 7) is 6.28. The van der Waals surface area contributed by atoms with Crippen molar-refractivity contribution in [2.24, 2.45) is 0 Å². The molecule has 0 aliphatic carbocycles. The van der Waals surface area contributed by atoms with E-state index in [0.29, 0.717) is 6.61 Å². The van der Waals surface area contributed by atoms with E-state index in [9.17, 15) is 0 Å². The quantitative estimate of drug-likeness (QED) is 0.672. The van der Waals surface area contributed by atoms with E-state index in [-0.39, 0.29) is 0 Å². The molecule has 1 aromatic rings. The van der Waals surface area contributed by atoms with Gasteiger partial charge in [0.25, 0.3) is 0 Å². The van der Waals surface area contributed by atoms with Crippen LogP contribution in [-0.4, -0.2) is 32.9 Å². The van der Waals surface area contributed by atoms with E-state index in [4.69, 9.17) is 9.47 Å². The smallest absolute Gasteiger partial charge is 0.133 e. The molecule has 0 bridgehead atoms. The maximum absolute atomic E-state index is 5.65. The van der Waals surface area contributed by atoms with E-state index in [1.807, 2.05) is 31.2 Å². The van der Waals surface area contributed by atoms with E-state index >= 15 is 0 Å². The predicted molar refractivity (Wildman–Crippen MR) is 78.2 cm³/mol. The van der Waals surface area contributed by atoms with Gasteiger partial charge in [-0.1, -0.05) is 12.1 Å². The summed E-state index contributed by atoms with van der Waals surface area (Å²) in [7, 11) is 0. The summed E-state index contributed by atoms with van der Waals surface area (Å²) in [5, 5.41) is 3.36. The molecular formula is C14H22BrNO2. The molecule has 0 saturated carbocycles. The van der Waals surface area contributed by atoms with Crippen LogP contribution in [0.3, 0.4) is 0 Å². The molecule has 0 unspecified atom stereocenters. The number of nitrogens with one attached hydrogen (secondary N) is 1. The minimum atomic E-state index is 0.689. The highest BCUT2D eigenvalue weighted by molar-refractivity contribution is 9.10. The van der Waals surface area contributed by atoms with Gasteiger partial charge in [0, 0.05) is 19.8 Å². The van der Waals surface area contributed by atoms with Crippen molar-refractivity contribution in [1.29, 1.82) is 0 Å². The Hall–Kier alpha value is -0.580. The summed E-state index contributed by atoms with van der Waals surface area (Å²) < 4.78 is 11.9. The van der Waals surface area contributed by atoms with Gasteiger partial charge in [0.1, 0.15) is 12.4 Å². The monoisotopic (exact) mass is 315 g/mol. The van der Waals surface area contributed by atoms with Gasteiger partial charge < -0.3 is 14.8 Å². The molecular weight excluding hydrogens is 294 g/mol. The van der Waals surface area contributed by atoms with Gasteiger partial charge in [0.15, 0.2) is 0 Å². The fraction of sp³-hybridized carbons (Fsp3) is 0.571. The fourth-order valence-electron chi connectivity index (χ4n) is 1.52. The first-order valence-electron chi connectivity index (χ1n) is 6.50. The Morgan fingerprint density at radius 3 is 2.72 bits per heavy atom. The first-order valence-corrected chi connectivity index (χ1v) is 7.29. The highest BCUT2D eigenvalue weighted by atomic mass is 79.9. The summed E-state index contributed by atoms with van der Waals surface area (Å²) in [6, 6.07) is 7.90. The second-order valence-electron chi connectivity index (χ2n) is 3.93. The Morgan fingerprint density at radius 1 is 1.11 bits per heavy atom. The Kier molecular flexibility index (Phi) is 8.90. The van der Waals surface area contributed by atoms with Gasteiger partial charge in [-0.25, -0.2) is 0 Å². The zero-order valence-electron chi connectivity index (χ0n) is 11.0. The van der Waals surface area contributed by atoms with Gasteiger partial charge in [-0.3, -0.25) is 0 Å². The van der Waals surface area contributed by atoms with Crippen LogP contribution in [0.5, 0.6) is 5.75 Å². The molecule has 0 amide bonds. The van der Waals surface area contributed by atoms with E-state index in [1.165, 1.54) is 0 Å². The van der Waals surface area contributed by atoms with E-state index < -0.39 is 0 Å². The van der Waals surface area contributed by atoms with Crippen LogP contribution >= 0.6 is 15.9 Å². The van der Waals surface area contributed by atoms with Gasteiger partial charge in [0.2, 0.25) is 0 Å². The summed E-state index contributed by atoms with van der Waals surface area (Å²) in [5.74, 6) is 0.899. The van der Waals surface area contributed by atoms with E-state index in [2.05, 4.69) is 21.2 Å². The molecule has 1 rings (SSSR count). The fourth-order valence-corrected chi connectivity index (χ4v) is 1.92. The highest BCUT2D eigenvalue weighted by Gasteiger charge is 1.98. The zero-order chi connectivity index (χ0) is 13.1. The molecule has 3 nitrogen and oxygen atoms in total. The number of benzene rings is 1. The lowest BCUT2D eigenvalue weighted by atomic mass is 10.3. The minimum absolute atomic E-state index is 0.689. The highest BCUT2D eigenvalue weighted by Crippen LogP contribution is 2.23. The Labute approximate surface area is 118 Å². The maximum Gasteiger partial charge on any atom is 0.133 e. The number of para-hydroxylation sites is 1. The van der Waals surface area contributed by atoms with Crippen molar-refractivity contribution in [3.05, 3.63) is 28.7 Å². The molecule has 0 aromatic heterocycles. The van der Waals surface area contributed by atoms with Crippen molar-refractivity contribution >= 4 is 15.9 Å². The number of unbranched alkanes of at least 4 members (excludes halogenated alkanes) is 1. The van der Waals surface area contributed by atoms with Crippen molar-refractivity contribution < 1.29 is 9.47 Å². The maximum atomic E-state index is 5.65. The van der Waals surface area contributed by atoms with Crippen molar-refractivity contribution in [2.45, 2.75) is 19.8 Å². The zero-order valence-corrected chi connectivity index (χ0v) is 12.5. The Morgan fingerprint density at radius 2 is 1.94 bits per heavy atom. The van der Waals surface area contributed by atoms with Crippen LogP contribution in [0.1, 0.15) is 19.8 Å². The second kappa shape index (κ2) is 10.4. The molecule has 0 aliphatic heterocycles. The SMILES string of the molecule is CCOCCCCNCCOc1ccccc1Br. The normalized spacial score (nSPS) is 10.6. The van der Waals surface area contributed by atoms with E-state index in [0.717, 1.165) is 49.4 Å². The van der Waals surface area contributed by atoms with Gasteiger partial charge in [-0.05, 0) is 54.4 Å². The second-order valence-corrected chi connectivity index (χ2v) is 4.79. The van der Waals surface area contributed by atoms with Crippen LogP contribution in [0.4, 0.5) is 0 Å². The third-order valence-corrected chi connectivity index (χ3v) is 3.12. The van der Waals surface area contributed by atoms with Crippen LogP contribution in [0, 0.1) is 0 Å². The van der Waals surface area contributed by atoms with Crippen LogP contribution < -0.4 is 10.1 Å². The van der Waals surface area contributed by atoms with Gasteiger partial charge in [-0.15, -0.1) is 0 Å². The topological polar surface area (TPSA) is 30.5 Å². The van der Waals surface area contributed by atoms with Crippen molar-refractivity contribution in [3.8, 4) is 5.75 Å². The van der Waals surface area contributed by atoms with Gasteiger partial charge in [-0.2, -0.15) is 0 Å². The lowest BCUT2D eigenvalue weighted by Gasteiger charge is -2.08. The molecule has 0 atom stereocenters. The molecule has 18 heavy (non-hydrogen) atoms. The van der Waals surface area contributed by atoms with Crippen LogP contribution in [0.15, 0.2) is 28.7 Å². The molecule has 0 heterocycles. The average Bonchev–Trinajstić information content (AvgIpc) is 2.39. The molecule has 102 valence electrons. The number of halogens is 1.